The number of likely N-dealkylation sites (tertiary alicyclic amines) is 1. The van der Waals surface area contributed by atoms with E-state index >= 15 is 0 Å². The van der Waals surface area contributed by atoms with Gasteiger partial charge in [-0.05, 0) is 31.0 Å². The molecule has 0 aliphatic carbocycles. The summed E-state index contributed by atoms with van der Waals surface area (Å²) in [6.07, 6.45) is 3.34. The van der Waals surface area contributed by atoms with E-state index in [1.165, 1.54) is 11.0 Å². The van der Waals surface area contributed by atoms with Crippen molar-refractivity contribution in [3.8, 4) is 5.75 Å². The van der Waals surface area contributed by atoms with Crippen LogP contribution in [0.1, 0.15) is 56.7 Å². The number of benzene rings is 2. The molecule has 2 aromatic rings. The number of amides is 1. The van der Waals surface area contributed by atoms with Crippen LogP contribution < -0.4 is 4.74 Å². The Bertz CT molecular complexity index is 985. The summed E-state index contributed by atoms with van der Waals surface area (Å²) < 4.78 is 20.3. The molecular weight excluding hydrogens is 397 g/mol. The summed E-state index contributed by atoms with van der Waals surface area (Å²) in [5, 5.41) is 11.1. The lowest BCUT2D eigenvalue weighted by atomic mass is 9.94. The van der Waals surface area contributed by atoms with Gasteiger partial charge in [0.05, 0.1) is 18.2 Å². The first-order chi connectivity index (χ1) is 15.0. The van der Waals surface area contributed by atoms with Gasteiger partial charge in [-0.3, -0.25) is 9.59 Å². The molecular formula is C25H28FNO4. The number of aliphatic hydroxyl groups excluding tert-OH is 1. The molecule has 1 fully saturated rings. The molecule has 0 spiro atoms. The second-order valence-corrected chi connectivity index (χ2v) is 7.60. The number of Topliss-reactive ketones (excluding diaryl/α,β-unsaturated/α-hetero) is 1. The van der Waals surface area contributed by atoms with Crippen LogP contribution in [0.25, 0.3) is 5.76 Å². The van der Waals surface area contributed by atoms with Crippen molar-refractivity contribution in [3.05, 3.63) is 71.0 Å². The van der Waals surface area contributed by atoms with E-state index in [-0.39, 0.29) is 16.9 Å². The van der Waals surface area contributed by atoms with E-state index in [0.29, 0.717) is 30.9 Å². The first-order valence-corrected chi connectivity index (χ1v) is 10.8. The SMILES string of the molecule is CCCCCN1C(=O)C(=O)/C(=C(\O)c2cccc(OCCC)c2)C1c1ccccc1F. The van der Waals surface area contributed by atoms with Gasteiger partial charge in [0.15, 0.2) is 0 Å². The molecule has 0 bridgehead atoms. The van der Waals surface area contributed by atoms with Crippen molar-refractivity contribution < 1.29 is 23.8 Å². The molecule has 0 radical (unpaired) electrons. The van der Waals surface area contributed by atoms with E-state index in [2.05, 4.69) is 0 Å². The topological polar surface area (TPSA) is 66.8 Å². The third-order valence-corrected chi connectivity index (χ3v) is 5.32. The fourth-order valence-corrected chi connectivity index (χ4v) is 3.77. The summed E-state index contributed by atoms with van der Waals surface area (Å²) in [6.45, 7) is 4.85. The smallest absolute Gasteiger partial charge is 0.295 e. The molecule has 1 amide bonds. The van der Waals surface area contributed by atoms with Gasteiger partial charge in [0, 0.05) is 17.7 Å². The highest BCUT2D eigenvalue weighted by atomic mass is 19.1. The predicted molar refractivity (Wildman–Crippen MR) is 117 cm³/mol. The highest BCUT2D eigenvalue weighted by Gasteiger charge is 2.46. The number of ketones is 1. The molecule has 1 atom stereocenters. The van der Waals surface area contributed by atoms with E-state index < -0.39 is 23.5 Å². The lowest BCUT2D eigenvalue weighted by Crippen LogP contribution is -2.31. The molecule has 1 unspecified atom stereocenters. The number of unbranched alkanes of at least 4 members (excludes halogenated alkanes) is 2. The Morgan fingerprint density at radius 1 is 1.06 bits per heavy atom. The minimum Gasteiger partial charge on any atom is -0.507 e. The third kappa shape index (κ3) is 4.79. The summed E-state index contributed by atoms with van der Waals surface area (Å²) in [5.41, 5.74) is 0.443. The van der Waals surface area contributed by atoms with Crippen molar-refractivity contribution in [2.75, 3.05) is 13.2 Å². The van der Waals surface area contributed by atoms with Crippen molar-refractivity contribution in [1.82, 2.24) is 4.90 Å². The maximum atomic E-state index is 14.7. The normalized spacial score (nSPS) is 17.9. The zero-order valence-corrected chi connectivity index (χ0v) is 17.9. The van der Waals surface area contributed by atoms with Crippen LogP contribution in [0.3, 0.4) is 0 Å². The number of ether oxygens (including phenoxy) is 1. The van der Waals surface area contributed by atoms with Gasteiger partial charge in [0.1, 0.15) is 17.3 Å². The van der Waals surface area contributed by atoms with E-state index in [0.717, 1.165) is 19.3 Å². The highest BCUT2D eigenvalue weighted by molar-refractivity contribution is 6.46. The number of carbonyl (C=O) groups excluding carboxylic acids is 2. The molecule has 2 aromatic carbocycles. The Balaban J connectivity index is 2.10. The molecule has 1 N–H and O–H groups in total. The summed E-state index contributed by atoms with van der Waals surface area (Å²) in [7, 11) is 0. The third-order valence-electron chi connectivity index (χ3n) is 5.32. The van der Waals surface area contributed by atoms with Gasteiger partial charge in [-0.15, -0.1) is 0 Å². The van der Waals surface area contributed by atoms with E-state index in [1.807, 2.05) is 13.8 Å². The number of halogens is 1. The zero-order chi connectivity index (χ0) is 22.4. The largest absolute Gasteiger partial charge is 0.507 e. The number of hydrogen-bond donors (Lipinski definition) is 1. The molecule has 6 heteroatoms. The Morgan fingerprint density at radius 3 is 2.55 bits per heavy atom. The van der Waals surface area contributed by atoms with E-state index in [1.54, 1.807) is 42.5 Å². The average Bonchev–Trinajstić information content (AvgIpc) is 3.02. The van der Waals surface area contributed by atoms with Crippen LogP contribution in [0.15, 0.2) is 54.1 Å². The Labute approximate surface area is 182 Å². The van der Waals surface area contributed by atoms with Crippen molar-refractivity contribution in [3.63, 3.8) is 0 Å². The molecule has 31 heavy (non-hydrogen) atoms. The quantitative estimate of drug-likeness (QED) is 0.259. The fraction of sp³-hybridized carbons (Fsp3) is 0.360. The van der Waals surface area contributed by atoms with E-state index in [9.17, 15) is 19.1 Å². The number of aliphatic hydroxyl groups is 1. The Kier molecular flexibility index (Phi) is 7.45. The number of hydrogen-bond acceptors (Lipinski definition) is 4. The van der Waals surface area contributed by atoms with Gasteiger partial charge in [-0.2, -0.15) is 0 Å². The molecule has 0 aromatic heterocycles. The van der Waals surface area contributed by atoms with E-state index in [4.69, 9.17) is 4.74 Å². The number of carbonyl (C=O) groups is 2. The highest BCUT2D eigenvalue weighted by Crippen LogP contribution is 2.40. The monoisotopic (exact) mass is 425 g/mol. The second-order valence-electron chi connectivity index (χ2n) is 7.60. The van der Waals surface area contributed by atoms with Crippen LogP contribution in [0.5, 0.6) is 5.75 Å². The van der Waals surface area contributed by atoms with Gasteiger partial charge in [-0.1, -0.05) is 57.0 Å². The van der Waals surface area contributed by atoms with Crippen LogP contribution in [-0.2, 0) is 9.59 Å². The minimum absolute atomic E-state index is 0.0979. The molecule has 5 nitrogen and oxygen atoms in total. The predicted octanol–water partition coefficient (Wildman–Crippen LogP) is 5.23. The number of nitrogens with zero attached hydrogens (tertiary/aromatic N) is 1. The summed E-state index contributed by atoms with van der Waals surface area (Å²) >= 11 is 0. The van der Waals surface area contributed by atoms with Crippen molar-refractivity contribution >= 4 is 17.4 Å². The van der Waals surface area contributed by atoms with Crippen LogP contribution in [-0.4, -0.2) is 34.8 Å². The first kappa shape index (κ1) is 22.5. The molecule has 3 rings (SSSR count). The van der Waals surface area contributed by atoms with Crippen molar-refractivity contribution in [2.45, 2.75) is 45.6 Å². The molecule has 1 aliphatic heterocycles. The maximum Gasteiger partial charge on any atom is 0.295 e. The molecule has 1 heterocycles. The standard InChI is InChI=1S/C25H28FNO4/c1-3-5-8-14-27-22(19-12-6-7-13-20(19)26)21(24(29)25(27)30)23(28)17-10-9-11-18(16-17)31-15-4-2/h6-7,9-13,16,22,28H,3-5,8,14-15H2,1-2H3/b23-21-. The van der Waals surface area contributed by atoms with Crippen molar-refractivity contribution in [1.29, 1.82) is 0 Å². The van der Waals surface area contributed by atoms with Gasteiger partial charge >= 0.3 is 0 Å². The summed E-state index contributed by atoms with van der Waals surface area (Å²) in [4.78, 5) is 27.2. The first-order valence-electron chi connectivity index (χ1n) is 10.8. The second kappa shape index (κ2) is 10.2. The van der Waals surface area contributed by atoms with Gasteiger partial charge in [0.25, 0.3) is 11.7 Å². The Hall–Kier alpha value is -3.15. The molecule has 1 saturated heterocycles. The van der Waals surface area contributed by atoms with Crippen molar-refractivity contribution in [2.24, 2.45) is 0 Å². The molecule has 164 valence electrons. The van der Waals surface area contributed by atoms with Crippen LogP contribution in [0.4, 0.5) is 4.39 Å². The fourth-order valence-electron chi connectivity index (χ4n) is 3.77. The van der Waals surface area contributed by atoms with Crippen LogP contribution in [0.2, 0.25) is 0 Å². The summed E-state index contributed by atoms with van der Waals surface area (Å²) in [5.74, 6) is -1.83. The maximum absolute atomic E-state index is 14.7. The van der Waals surface area contributed by atoms with Gasteiger partial charge in [-0.25, -0.2) is 4.39 Å². The summed E-state index contributed by atoms with van der Waals surface area (Å²) in [6, 6.07) is 11.8. The van der Waals surface area contributed by atoms with Crippen LogP contribution in [0, 0.1) is 5.82 Å². The minimum atomic E-state index is -0.974. The van der Waals surface area contributed by atoms with Crippen LogP contribution >= 0.6 is 0 Å². The number of rotatable bonds is 9. The average molecular weight is 426 g/mol. The van der Waals surface area contributed by atoms with Gasteiger partial charge in [0.2, 0.25) is 0 Å². The van der Waals surface area contributed by atoms with Gasteiger partial charge < -0.3 is 14.7 Å². The molecule has 1 aliphatic rings. The lowest BCUT2D eigenvalue weighted by molar-refractivity contribution is -0.139. The Morgan fingerprint density at radius 2 is 1.84 bits per heavy atom. The zero-order valence-electron chi connectivity index (χ0n) is 17.9. The lowest BCUT2D eigenvalue weighted by Gasteiger charge is -2.25. The molecule has 0 saturated carbocycles.